The van der Waals surface area contributed by atoms with Crippen molar-refractivity contribution in [3.63, 3.8) is 0 Å². The van der Waals surface area contributed by atoms with Crippen molar-refractivity contribution in [1.29, 1.82) is 0 Å². The lowest BCUT2D eigenvalue weighted by Gasteiger charge is -2.08. The van der Waals surface area contributed by atoms with Gasteiger partial charge in [0.1, 0.15) is 0 Å². The minimum atomic E-state index is -3.38. The Balaban J connectivity index is 1.82. The quantitative estimate of drug-likeness (QED) is 0.751. The third-order valence-corrected chi connectivity index (χ3v) is 4.80. The van der Waals surface area contributed by atoms with Gasteiger partial charge in [0, 0.05) is 17.3 Å². The summed E-state index contributed by atoms with van der Waals surface area (Å²) in [6.07, 6.45) is 2.61. The standard InChI is InChI=1S/C16H16N4O3S/c1-10-13-8-12(9-17-16(13)20-19-10)18-15(21)7-11-5-3-4-6-14(11)24(2,22)23/h3-6,8-9H,7H2,1-2H3,(H,18,21)(H,17,19,20). The molecular weight excluding hydrogens is 328 g/mol. The molecular formula is C16H16N4O3S. The van der Waals surface area contributed by atoms with Gasteiger partial charge in [-0.15, -0.1) is 0 Å². The van der Waals surface area contributed by atoms with Crippen LogP contribution in [0.25, 0.3) is 11.0 Å². The van der Waals surface area contributed by atoms with Crippen molar-refractivity contribution in [2.75, 3.05) is 11.6 Å². The first kappa shape index (κ1) is 16.1. The van der Waals surface area contributed by atoms with Crippen molar-refractivity contribution < 1.29 is 13.2 Å². The number of nitrogens with zero attached hydrogens (tertiary/aromatic N) is 2. The first-order chi connectivity index (χ1) is 11.3. The van der Waals surface area contributed by atoms with E-state index in [4.69, 9.17) is 0 Å². The van der Waals surface area contributed by atoms with Crippen molar-refractivity contribution in [3.8, 4) is 0 Å². The van der Waals surface area contributed by atoms with E-state index in [1.54, 1.807) is 24.3 Å². The number of benzene rings is 1. The summed E-state index contributed by atoms with van der Waals surface area (Å²) in [5.41, 5.74) is 2.43. The molecule has 2 heterocycles. The Labute approximate surface area is 139 Å². The van der Waals surface area contributed by atoms with Crippen LogP contribution in [0.15, 0.2) is 41.4 Å². The molecule has 0 aliphatic rings. The maximum atomic E-state index is 12.3. The number of anilines is 1. The van der Waals surface area contributed by atoms with Crippen molar-refractivity contribution in [2.45, 2.75) is 18.2 Å². The van der Waals surface area contributed by atoms with Crippen LogP contribution in [0.3, 0.4) is 0 Å². The average molecular weight is 344 g/mol. The predicted octanol–water partition coefficient (Wildman–Crippen LogP) is 1.85. The van der Waals surface area contributed by atoms with Crippen LogP contribution in [0.2, 0.25) is 0 Å². The molecule has 2 N–H and O–H groups in total. The van der Waals surface area contributed by atoms with Gasteiger partial charge in [-0.1, -0.05) is 18.2 Å². The number of aromatic nitrogens is 3. The van der Waals surface area contributed by atoms with Gasteiger partial charge in [-0.2, -0.15) is 5.10 Å². The van der Waals surface area contributed by atoms with E-state index in [-0.39, 0.29) is 17.2 Å². The Morgan fingerprint density at radius 1 is 1.29 bits per heavy atom. The normalized spacial score (nSPS) is 11.6. The molecule has 0 saturated carbocycles. The van der Waals surface area contributed by atoms with Gasteiger partial charge >= 0.3 is 0 Å². The molecule has 0 unspecified atom stereocenters. The molecule has 0 bridgehead atoms. The Hall–Kier alpha value is -2.74. The molecule has 3 rings (SSSR count). The SMILES string of the molecule is Cc1[nH]nc2ncc(NC(=O)Cc3ccccc3S(C)(=O)=O)cc12. The molecule has 24 heavy (non-hydrogen) atoms. The average Bonchev–Trinajstić information content (AvgIpc) is 2.88. The van der Waals surface area contributed by atoms with Crippen molar-refractivity contribution >= 4 is 32.5 Å². The number of rotatable bonds is 4. The van der Waals surface area contributed by atoms with Crippen LogP contribution in [0.5, 0.6) is 0 Å². The number of amides is 1. The van der Waals surface area contributed by atoms with E-state index in [1.165, 1.54) is 12.3 Å². The van der Waals surface area contributed by atoms with E-state index in [9.17, 15) is 13.2 Å². The summed E-state index contributed by atoms with van der Waals surface area (Å²) in [4.78, 5) is 16.6. The Bertz CT molecular complexity index is 1020. The summed E-state index contributed by atoms with van der Waals surface area (Å²) < 4.78 is 23.6. The second-order valence-electron chi connectivity index (χ2n) is 5.55. The lowest BCUT2D eigenvalue weighted by atomic mass is 10.1. The second kappa shape index (κ2) is 6.04. The molecule has 7 nitrogen and oxygen atoms in total. The van der Waals surface area contributed by atoms with E-state index >= 15 is 0 Å². The van der Waals surface area contributed by atoms with Crippen LogP contribution in [0.1, 0.15) is 11.3 Å². The van der Waals surface area contributed by atoms with Crippen LogP contribution in [0, 0.1) is 6.92 Å². The molecule has 2 aromatic heterocycles. The highest BCUT2D eigenvalue weighted by molar-refractivity contribution is 7.90. The van der Waals surface area contributed by atoms with Crippen LogP contribution in [-0.2, 0) is 21.1 Å². The number of aromatic amines is 1. The number of carbonyl (C=O) groups excluding carboxylic acids is 1. The van der Waals surface area contributed by atoms with Crippen LogP contribution >= 0.6 is 0 Å². The highest BCUT2D eigenvalue weighted by atomic mass is 32.2. The molecule has 0 spiro atoms. The summed E-state index contributed by atoms with van der Waals surface area (Å²) in [6, 6.07) is 8.26. The van der Waals surface area contributed by atoms with Gasteiger partial charge in [0.15, 0.2) is 15.5 Å². The molecule has 3 aromatic rings. The Kier molecular flexibility index (Phi) is 4.06. The summed E-state index contributed by atoms with van der Waals surface area (Å²) in [7, 11) is -3.38. The van der Waals surface area contributed by atoms with Crippen LogP contribution in [-0.4, -0.2) is 35.8 Å². The molecule has 1 amide bonds. The predicted molar refractivity (Wildman–Crippen MR) is 90.5 cm³/mol. The van der Waals surface area contributed by atoms with Gasteiger partial charge < -0.3 is 5.32 Å². The zero-order valence-electron chi connectivity index (χ0n) is 13.2. The van der Waals surface area contributed by atoms with E-state index in [1.807, 2.05) is 6.92 Å². The van der Waals surface area contributed by atoms with Gasteiger partial charge in [-0.3, -0.25) is 9.89 Å². The summed E-state index contributed by atoms with van der Waals surface area (Å²) >= 11 is 0. The third kappa shape index (κ3) is 3.28. The molecule has 0 aliphatic carbocycles. The number of aryl methyl sites for hydroxylation is 1. The Morgan fingerprint density at radius 2 is 2.04 bits per heavy atom. The number of hydrogen-bond donors (Lipinski definition) is 2. The summed E-state index contributed by atoms with van der Waals surface area (Å²) in [6.45, 7) is 1.87. The van der Waals surface area contributed by atoms with Gasteiger partial charge in [0.25, 0.3) is 0 Å². The lowest BCUT2D eigenvalue weighted by Crippen LogP contribution is -2.16. The second-order valence-corrected chi connectivity index (χ2v) is 7.53. The fraction of sp³-hybridized carbons (Fsp3) is 0.188. The van der Waals surface area contributed by atoms with Crippen molar-refractivity contribution in [3.05, 3.63) is 47.8 Å². The molecule has 1 aromatic carbocycles. The third-order valence-electron chi connectivity index (χ3n) is 3.61. The maximum absolute atomic E-state index is 12.3. The number of H-pyrrole nitrogens is 1. The number of pyridine rings is 1. The van der Waals surface area contributed by atoms with Gasteiger partial charge in [0.05, 0.1) is 23.2 Å². The highest BCUT2D eigenvalue weighted by Gasteiger charge is 2.15. The van der Waals surface area contributed by atoms with Crippen molar-refractivity contribution in [1.82, 2.24) is 15.2 Å². The highest BCUT2D eigenvalue weighted by Crippen LogP contribution is 2.19. The number of hydrogen-bond acceptors (Lipinski definition) is 5. The number of sulfone groups is 1. The van der Waals surface area contributed by atoms with Crippen molar-refractivity contribution in [2.24, 2.45) is 0 Å². The molecule has 0 radical (unpaired) electrons. The van der Waals surface area contributed by atoms with Crippen LogP contribution < -0.4 is 5.32 Å². The Morgan fingerprint density at radius 3 is 2.79 bits per heavy atom. The smallest absolute Gasteiger partial charge is 0.228 e. The molecule has 0 atom stereocenters. The van der Waals surface area contributed by atoms with Crippen LogP contribution in [0.4, 0.5) is 5.69 Å². The number of carbonyl (C=O) groups is 1. The minimum absolute atomic E-state index is 0.0361. The molecule has 0 fully saturated rings. The van der Waals surface area contributed by atoms with E-state index in [0.29, 0.717) is 16.9 Å². The first-order valence-electron chi connectivity index (χ1n) is 7.23. The van der Waals surface area contributed by atoms with Gasteiger partial charge in [-0.25, -0.2) is 13.4 Å². The molecule has 8 heteroatoms. The number of nitrogens with one attached hydrogen (secondary N) is 2. The molecule has 124 valence electrons. The fourth-order valence-electron chi connectivity index (χ4n) is 2.48. The maximum Gasteiger partial charge on any atom is 0.228 e. The zero-order valence-corrected chi connectivity index (χ0v) is 14.0. The van der Waals surface area contributed by atoms with Gasteiger partial charge in [0.2, 0.25) is 5.91 Å². The van der Waals surface area contributed by atoms with E-state index in [0.717, 1.165) is 17.3 Å². The largest absolute Gasteiger partial charge is 0.324 e. The summed E-state index contributed by atoms with van der Waals surface area (Å²) in [5.74, 6) is -0.312. The molecule has 0 saturated heterocycles. The zero-order chi connectivity index (χ0) is 17.3. The molecule has 0 aliphatic heterocycles. The first-order valence-corrected chi connectivity index (χ1v) is 9.12. The van der Waals surface area contributed by atoms with E-state index < -0.39 is 9.84 Å². The number of fused-ring (bicyclic) bond motifs is 1. The topological polar surface area (TPSA) is 105 Å². The van der Waals surface area contributed by atoms with Gasteiger partial charge in [-0.05, 0) is 24.6 Å². The lowest BCUT2D eigenvalue weighted by molar-refractivity contribution is -0.115. The monoisotopic (exact) mass is 344 g/mol. The fourth-order valence-corrected chi connectivity index (χ4v) is 3.42. The van der Waals surface area contributed by atoms with E-state index in [2.05, 4.69) is 20.5 Å². The summed E-state index contributed by atoms with van der Waals surface area (Å²) in [5, 5.41) is 10.4. The minimum Gasteiger partial charge on any atom is -0.324 e.